The highest BCUT2D eigenvalue weighted by molar-refractivity contribution is 6.12. The highest BCUT2D eigenvalue weighted by Crippen LogP contribution is 2.54. The molecule has 0 N–H and O–H groups in total. The summed E-state index contributed by atoms with van der Waals surface area (Å²) in [5.74, 6) is 0. The second-order valence-electron chi connectivity index (χ2n) is 14.2. The van der Waals surface area contributed by atoms with Crippen LogP contribution in [0.15, 0.2) is 191 Å². The first kappa shape index (κ1) is 29.8. The van der Waals surface area contributed by atoms with E-state index in [9.17, 15) is 0 Å². The summed E-state index contributed by atoms with van der Waals surface area (Å²) in [4.78, 5) is 2.34. The zero-order valence-electron chi connectivity index (χ0n) is 29.1. The van der Waals surface area contributed by atoms with E-state index in [1.54, 1.807) is 0 Å². The maximum Gasteiger partial charge on any atom is 0.159 e. The van der Waals surface area contributed by atoms with E-state index in [4.69, 9.17) is 8.83 Å². The first-order valence-corrected chi connectivity index (χ1v) is 18.2. The number of benzene rings is 8. The van der Waals surface area contributed by atoms with Gasteiger partial charge in [0.05, 0.1) is 11.4 Å². The quantitative estimate of drug-likeness (QED) is 0.181. The lowest BCUT2D eigenvalue weighted by molar-refractivity contribution is 0.666. The van der Waals surface area contributed by atoms with Crippen molar-refractivity contribution in [3.05, 3.63) is 199 Å². The lowest BCUT2D eigenvalue weighted by Crippen LogP contribution is -2.23. The van der Waals surface area contributed by atoms with Gasteiger partial charge in [-0.05, 0) is 94.4 Å². The Balaban J connectivity index is 1.21. The maximum absolute atomic E-state index is 6.86. The molecular weight excluding hydrogens is 647 g/mol. The molecule has 0 saturated carbocycles. The van der Waals surface area contributed by atoms with Gasteiger partial charge in [-0.3, -0.25) is 0 Å². The normalized spacial score (nSPS) is 13.2. The van der Waals surface area contributed by atoms with Crippen molar-refractivity contribution < 1.29 is 8.83 Å². The molecule has 0 radical (unpaired) electrons. The fourth-order valence-electron chi connectivity index (χ4n) is 8.74. The van der Waals surface area contributed by atoms with Gasteiger partial charge in [-0.1, -0.05) is 127 Å². The topological polar surface area (TPSA) is 29.5 Å². The second-order valence-corrected chi connectivity index (χ2v) is 14.2. The fourth-order valence-corrected chi connectivity index (χ4v) is 8.74. The second kappa shape index (κ2) is 11.3. The largest absolute Gasteiger partial charge is 0.456 e. The van der Waals surface area contributed by atoms with Crippen LogP contribution in [-0.2, 0) is 5.41 Å². The van der Waals surface area contributed by atoms with Gasteiger partial charge >= 0.3 is 0 Å². The summed E-state index contributed by atoms with van der Waals surface area (Å²) in [6.45, 7) is 2.38. The molecular formula is C50H33NO2. The molecule has 11 rings (SSSR count). The van der Waals surface area contributed by atoms with Crippen molar-refractivity contribution >= 4 is 60.9 Å². The highest BCUT2D eigenvalue weighted by atomic mass is 16.3. The Labute approximate surface area is 307 Å². The van der Waals surface area contributed by atoms with Crippen LogP contribution in [0, 0.1) is 0 Å². The summed E-state index contributed by atoms with van der Waals surface area (Å²) in [6, 6.07) is 65.0. The van der Waals surface area contributed by atoms with Gasteiger partial charge in [0, 0.05) is 38.7 Å². The van der Waals surface area contributed by atoms with Crippen LogP contribution in [0.4, 0.5) is 17.1 Å². The summed E-state index contributed by atoms with van der Waals surface area (Å²) in [5.41, 5.74) is 14.8. The van der Waals surface area contributed by atoms with Gasteiger partial charge in [-0.15, -0.1) is 0 Å². The smallest absolute Gasteiger partial charge is 0.159 e. The molecule has 0 saturated heterocycles. The molecule has 2 heterocycles. The third-order valence-corrected chi connectivity index (χ3v) is 11.4. The van der Waals surface area contributed by atoms with E-state index in [1.807, 2.05) is 18.2 Å². The van der Waals surface area contributed by atoms with Gasteiger partial charge < -0.3 is 13.7 Å². The average Bonchev–Trinajstić information content (AvgIpc) is 3.87. The molecule has 0 amide bonds. The van der Waals surface area contributed by atoms with Crippen LogP contribution in [0.25, 0.3) is 66.1 Å². The van der Waals surface area contributed by atoms with Crippen LogP contribution in [0.5, 0.6) is 0 Å². The maximum atomic E-state index is 6.86. The molecule has 0 fully saturated rings. The molecule has 2 aromatic heterocycles. The van der Waals surface area contributed by atoms with Crippen molar-refractivity contribution in [2.45, 2.75) is 12.3 Å². The van der Waals surface area contributed by atoms with Crippen LogP contribution in [0.1, 0.15) is 23.6 Å². The van der Waals surface area contributed by atoms with Gasteiger partial charge in [0.15, 0.2) is 5.58 Å². The molecule has 0 unspecified atom stereocenters. The van der Waals surface area contributed by atoms with E-state index in [2.05, 4.69) is 176 Å². The Hall–Kier alpha value is -6.84. The Morgan fingerprint density at radius 1 is 0.415 bits per heavy atom. The predicted molar refractivity (Wildman–Crippen MR) is 219 cm³/mol. The van der Waals surface area contributed by atoms with E-state index in [0.29, 0.717) is 0 Å². The zero-order chi connectivity index (χ0) is 35.1. The SMILES string of the molecule is CC1(c2cc(N(c3ccc(-c4ccccc4)cc3)c3ccc4c(c3)oc3ccccc34)c3oc4ccccc4c3c2)c2ccccc2-c2ccccc21. The third kappa shape index (κ3) is 4.41. The van der Waals surface area contributed by atoms with Crippen LogP contribution < -0.4 is 4.90 Å². The number of furan rings is 2. The number of hydrogen-bond donors (Lipinski definition) is 0. The Morgan fingerprint density at radius 2 is 0.962 bits per heavy atom. The van der Waals surface area contributed by atoms with Crippen molar-refractivity contribution in [2.75, 3.05) is 4.90 Å². The first-order chi connectivity index (χ1) is 26.1. The van der Waals surface area contributed by atoms with E-state index in [1.165, 1.54) is 33.4 Å². The summed E-state index contributed by atoms with van der Waals surface area (Å²) in [7, 11) is 0. The zero-order valence-corrected chi connectivity index (χ0v) is 29.1. The highest BCUT2D eigenvalue weighted by Gasteiger charge is 2.41. The number of anilines is 3. The first-order valence-electron chi connectivity index (χ1n) is 18.2. The van der Waals surface area contributed by atoms with Crippen LogP contribution in [0.2, 0.25) is 0 Å². The monoisotopic (exact) mass is 679 g/mol. The van der Waals surface area contributed by atoms with Gasteiger partial charge in [0.2, 0.25) is 0 Å². The molecule has 3 heteroatoms. The van der Waals surface area contributed by atoms with E-state index < -0.39 is 5.41 Å². The lowest BCUT2D eigenvalue weighted by atomic mass is 9.73. The standard InChI is InChI=1S/C50H33NO2/c1-50(43-19-9-5-15-37(43)38-16-6-10-20-44(38)50)34-29-42-40-18-8-12-22-47(40)53-49(42)45(30-34)51(35-25-23-33(24-26-35)32-13-3-2-4-14-32)36-27-28-41-39-17-7-11-21-46(39)52-48(41)31-36/h2-31H,1H3. The fraction of sp³-hybridized carbons (Fsp3) is 0.0400. The predicted octanol–water partition coefficient (Wildman–Crippen LogP) is 14.0. The average molecular weight is 680 g/mol. The number of rotatable bonds is 5. The lowest BCUT2D eigenvalue weighted by Gasteiger charge is -2.31. The van der Waals surface area contributed by atoms with E-state index in [-0.39, 0.29) is 0 Å². The van der Waals surface area contributed by atoms with Crippen molar-refractivity contribution in [1.29, 1.82) is 0 Å². The molecule has 250 valence electrons. The van der Waals surface area contributed by atoms with E-state index in [0.717, 1.165) is 66.5 Å². The third-order valence-electron chi connectivity index (χ3n) is 11.4. The van der Waals surface area contributed by atoms with Crippen LogP contribution >= 0.6 is 0 Å². The minimum absolute atomic E-state index is 0.403. The van der Waals surface area contributed by atoms with Crippen molar-refractivity contribution in [1.82, 2.24) is 0 Å². The molecule has 3 nitrogen and oxygen atoms in total. The Kier molecular flexibility index (Phi) is 6.38. The van der Waals surface area contributed by atoms with Crippen molar-refractivity contribution in [3.8, 4) is 22.3 Å². The minimum Gasteiger partial charge on any atom is -0.456 e. The number of para-hydroxylation sites is 2. The molecule has 0 aliphatic heterocycles. The molecule has 10 aromatic rings. The van der Waals surface area contributed by atoms with Crippen molar-refractivity contribution in [2.24, 2.45) is 0 Å². The molecule has 0 spiro atoms. The molecule has 0 atom stereocenters. The Bertz CT molecular complexity index is 2980. The number of fused-ring (bicyclic) bond motifs is 9. The van der Waals surface area contributed by atoms with Crippen molar-refractivity contribution in [3.63, 3.8) is 0 Å². The summed E-state index contributed by atoms with van der Waals surface area (Å²) in [6.07, 6.45) is 0. The molecule has 0 bridgehead atoms. The molecule has 53 heavy (non-hydrogen) atoms. The van der Waals surface area contributed by atoms with Gasteiger partial charge in [-0.2, -0.15) is 0 Å². The van der Waals surface area contributed by atoms with Crippen LogP contribution in [-0.4, -0.2) is 0 Å². The Morgan fingerprint density at radius 3 is 1.68 bits per heavy atom. The molecule has 8 aromatic carbocycles. The minimum atomic E-state index is -0.403. The summed E-state index contributed by atoms with van der Waals surface area (Å²) in [5, 5.41) is 4.40. The molecule has 1 aliphatic rings. The number of nitrogens with zero attached hydrogens (tertiary/aromatic N) is 1. The summed E-state index contributed by atoms with van der Waals surface area (Å²) < 4.78 is 13.3. The van der Waals surface area contributed by atoms with Gasteiger partial charge in [0.25, 0.3) is 0 Å². The van der Waals surface area contributed by atoms with Gasteiger partial charge in [-0.25, -0.2) is 0 Å². The van der Waals surface area contributed by atoms with Crippen LogP contribution in [0.3, 0.4) is 0 Å². The van der Waals surface area contributed by atoms with Gasteiger partial charge in [0.1, 0.15) is 16.7 Å². The molecule has 1 aliphatic carbocycles. The summed E-state index contributed by atoms with van der Waals surface area (Å²) >= 11 is 0. The van der Waals surface area contributed by atoms with E-state index >= 15 is 0 Å². The number of hydrogen-bond acceptors (Lipinski definition) is 3.